The summed E-state index contributed by atoms with van der Waals surface area (Å²) in [4.78, 5) is 26.3. The molecule has 0 spiro atoms. The van der Waals surface area contributed by atoms with Crippen LogP contribution in [0.15, 0.2) is 53.4 Å². The van der Waals surface area contributed by atoms with Crippen molar-refractivity contribution in [3.05, 3.63) is 59.7 Å². The van der Waals surface area contributed by atoms with Crippen LogP contribution in [0.2, 0.25) is 0 Å². The molecule has 24 heavy (non-hydrogen) atoms. The number of benzene rings is 2. The summed E-state index contributed by atoms with van der Waals surface area (Å²) < 4.78 is 0. The molecular formula is C18H21N3O2S. The fraction of sp³-hybridized carbons (Fsp3) is 0.222. The Bertz CT molecular complexity index is 732. The van der Waals surface area contributed by atoms with Gasteiger partial charge in [0.05, 0.1) is 11.3 Å². The number of hydrogen-bond acceptors (Lipinski definition) is 4. The Morgan fingerprint density at radius 3 is 2.58 bits per heavy atom. The number of carbonyl (C=O) groups excluding carboxylic acids is 2. The molecule has 0 aliphatic carbocycles. The Morgan fingerprint density at radius 2 is 1.88 bits per heavy atom. The van der Waals surface area contributed by atoms with E-state index in [0.717, 1.165) is 22.7 Å². The topological polar surface area (TPSA) is 75.4 Å². The second-order valence-corrected chi connectivity index (χ2v) is 6.66. The molecule has 2 amide bonds. The van der Waals surface area contributed by atoms with Crippen molar-refractivity contribution < 1.29 is 9.59 Å². The average Bonchev–Trinajstić information content (AvgIpc) is 2.53. The van der Waals surface area contributed by atoms with E-state index in [9.17, 15) is 9.59 Å². The maximum absolute atomic E-state index is 12.6. The van der Waals surface area contributed by atoms with Crippen LogP contribution in [-0.4, -0.2) is 36.6 Å². The van der Waals surface area contributed by atoms with Crippen LogP contribution in [0, 0.1) is 0 Å². The van der Waals surface area contributed by atoms with Crippen molar-refractivity contribution in [2.24, 2.45) is 5.73 Å². The van der Waals surface area contributed by atoms with Crippen molar-refractivity contribution in [3.8, 4) is 0 Å². The highest BCUT2D eigenvalue weighted by Crippen LogP contribution is 2.23. The molecule has 0 aliphatic rings. The maximum atomic E-state index is 12.6. The first-order valence-electron chi connectivity index (χ1n) is 7.51. The second-order valence-electron chi connectivity index (χ2n) is 5.64. The number of amides is 2. The monoisotopic (exact) mass is 343 g/mol. The van der Waals surface area contributed by atoms with E-state index in [4.69, 9.17) is 5.73 Å². The van der Waals surface area contributed by atoms with Gasteiger partial charge < -0.3 is 16.0 Å². The molecule has 0 bridgehead atoms. The van der Waals surface area contributed by atoms with Crippen LogP contribution in [0.25, 0.3) is 0 Å². The number of rotatable bonds is 7. The summed E-state index contributed by atoms with van der Waals surface area (Å²) in [6.07, 6.45) is 0. The molecule has 2 aromatic rings. The van der Waals surface area contributed by atoms with Gasteiger partial charge in [0, 0.05) is 17.1 Å². The lowest BCUT2D eigenvalue weighted by Crippen LogP contribution is -2.16. The SMILES string of the molecule is CN(C)Cc1cccc(NC(=O)c2ccccc2SCC(N)=O)c1. The quantitative estimate of drug-likeness (QED) is 0.758. The molecule has 0 aromatic heterocycles. The van der Waals surface area contributed by atoms with Crippen LogP contribution >= 0.6 is 11.8 Å². The molecule has 0 saturated heterocycles. The molecule has 0 radical (unpaired) electrons. The normalized spacial score (nSPS) is 10.6. The van der Waals surface area contributed by atoms with Crippen molar-refractivity contribution >= 4 is 29.3 Å². The van der Waals surface area contributed by atoms with Crippen LogP contribution in [0.1, 0.15) is 15.9 Å². The predicted octanol–water partition coefficient (Wildman–Crippen LogP) is 2.58. The van der Waals surface area contributed by atoms with Crippen molar-refractivity contribution in [2.45, 2.75) is 11.4 Å². The van der Waals surface area contributed by atoms with Gasteiger partial charge in [-0.25, -0.2) is 0 Å². The number of hydrogen-bond donors (Lipinski definition) is 2. The number of thioether (sulfide) groups is 1. The highest BCUT2D eigenvalue weighted by Gasteiger charge is 2.12. The lowest BCUT2D eigenvalue weighted by molar-refractivity contribution is -0.115. The number of primary amides is 1. The van der Waals surface area contributed by atoms with E-state index < -0.39 is 5.91 Å². The van der Waals surface area contributed by atoms with E-state index in [0.29, 0.717) is 5.56 Å². The fourth-order valence-electron chi connectivity index (χ4n) is 2.24. The Balaban J connectivity index is 2.14. The molecule has 2 aromatic carbocycles. The second kappa shape index (κ2) is 8.52. The molecule has 0 saturated carbocycles. The predicted molar refractivity (Wildman–Crippen MR) is 98.1 cm³/mol. The summed E-state index contributed by atoms with van der Waals surface area (Å²) in [7, 11) is 3.99. The van der Waals surface area contributed by atoms with Crippen molar-refractivity contribution in [1.82, 2.24) is 4.90 Å². The third kappa shape index (κ3) is 5.40. The molecule has 126 valence electrons. The van der Waals surface area contributed by atoms with Gasteiger partial charge in [-0.3, -0.25) is 9.59 Å². The van der Waals surface area contributed by atoms with Crippen LogP contribution in [0.5, 0.6) is 0 Å². The van der Waals surface area contributed by atoms with Gasteiger partial charge in [0.25, 0.3) is 5.91 Å². The first-order chi connectivity index (χ1) is 11.5. The maximum Gasteiger partial charge on any atom is 0.256 e. The third-order valence-corrected chi connectivity index (χ3v) is 4.28. The minimum atomic E-state index is -0.411. The molecule has 3 N–H and O–H groups in total. The smallest absolute Gasteiger partial charge is 0.256 e. The van der Waals surface area contributed by atoms with Crippen molar-refractivity contribution in [1.29, 1.82) is 0 Å². The summed E-state index contributed by atoms with van der Waals surface area (Å²) in [5.74, 6) is -0.473. The van der Waals surface area contributed by atoms with E-state index >= 15 is 0 Å². The largest absolute Gasteiger partial charge is 0.369 e. The van der Waals surface area contributed by atoms with Gasteiger partial charge in [-0.05, 0) is 43.9 Å². The van der Waals surface area contributed by atoms with Gasteiger partial charge in [-0.2, -0.15) is 0 Å². The van der Waals surface area contributed by atoms with E-state index in [1.807, 2.05) is 50.5 Å². The summed E-state index contributed by atoms with van der Waals surface area (Å²) in [6.45, 7) is 0.800. The molecule has 0 unspecified atom stereocenters. The summed E-state index contributed by atoms with van der Waals surface area (Å²) in [5.41, 5.74) is 7.58. The Labute approximate surface area is 146 Å². The lowest BCUT2D eigenvalue weighted by atomic mass is 10.1. The molecule has 5 nitrogen and oxygen atoms in total. The Morgan fingerprint density at radius 1 is 1.12 bits per heavy atom. The molecule has 0 aliphatic heterocycles. The van der Waals surface area contributed by atoms with Crippen LogP contribution in [0.4, 0.5) is 5.69 Å². The van der Waals surface area contributed by atoms with Gasteiger partial charge in [-0.1, -0.05) is 24.3 Å². The van der Waals surface area contributed by atoms with Crippen molar-refractivity contribution in [3.63, 3.8) is 0 Å². The van der Waals surface area contributed by atoms with Gasteiger partial charge in [0.1, 0.15) is 0 Å². The van der Waals surface area contributed by atoms with Gasteiger partial charge in [0.2, 0.25) is 5.91 Å². The number of nitrogens with two attached hydrogens (primary N) is 1. The first-order valence-corrected chi connectivity index (χ1v) is 8.49. The van der Waals surface area contributed by atoms with Gasteiger partial charge in [0.15, 0.2) is 0 Å². The molecular weight excluding hydrogens is 322 g/mol. The molecule has 6 heteroatoms. The standard InChI is InChI=1S/C18H21N3O2S/c1-21(2)11-13-6-5-7-14(10-13)20-18(23)15-8-3-4-9-16(15)24-12-17(19)22/h3-10H,11-12H2,1-2H3,(H2,19,22)(H,20,23). The molecule has 0 heterocycles. The van der Waals surface area contributed by atoms with Crippen LogP contribution in [0.3, 0.4) is 0 Å². The summed E-state index contributed by atoms with van der Waals surface area (Å²) in [5, 5.41) is 2.91. The van der Waals surface area contributed by atoms with Crippen LogP contribution < -0.4 is 11.1 Å². The zero-order valence-electron chi connectivity index (χ0n) is 13.8. The van der Waals surface area contributed by atoms with E-state index in [-0.39, 0.29) is 11.7 Å². The molecule has 0 atom stereocenters. The Kier molecular flexibility index (Phi) is 6.40. The van der Waals surface area contributed by atoms with Crippen LogP contribution in [-0.2, 0) is 11.3 Å². The number of carbonyl (C=O) groups is 2. The zero-order chi connectivity index (χ0) is 17.5. The van der Waals surface area contributed by atoms with Crippen molar-refractivity contribution in [2.75, 3.05) is 25.2 Å². The number of nitrogens with zero attached hydrogens (tertiary/aromatic N) is 1. The lowest BCUT2D eigenvalue weighted by Gasteiger charge is -2.12. The molecule has 2 rings (SSSR count). The highest BCUT2D eigenvalue weighted by molar-refractivity contribution is 8.00. The third-order valence-electron chi connectivity index (χ3n) is 3.19. The Hall–Kier alpha value is -2.31. The van der Waals surface area contributed by atoms with Gasteiger partial charge in [-0.15, -0.1) is 11.8 Å². The minimum Gasteiger partial charge on any atom is -0.369 e. The van der Waals surface area contributed by atoms with E-state index in [1.165, 1.54) is 11.8 Å². The first kappa shape index (κ1) is 18.0. The number of nitrogens with one attached hydrogen (secondary N) is 1. The molecule has 0 fully saturated rings. The number of anilines is 1. The van der Waals surface area contributed by atoms with E-state index in [2.05, 4.69) is 10.2 Å². The average molecular weight is 343 g/mol. The zero-order valence-corrected chi connectivity index (χ0v) is 14.6. The fourth-order valence-corrected chi connectivity index (χ4v) is 3.03. The summed E-state index contributed by atoms with van der Waals surface area (Å²) in [6, 6.07) is 14.9. The minimum absolute atomic E-state index is 0.141. The van der Waals surface area contributed by atoms with E-state index in [1.54, 1.807) is 12.1 Å². The van der Waals surface area contributed by atoms with Gasteiger partial charge >= 0.3 is 0 Å². The highest BCUT2D eigenvalue weighted by atomic mass is 32.2. The summed E-state index contributed by atoms with van der Waals surface area (Å²) >= 11 is 1.26.